The fourth-order valence-electron chi connectivity index (χ4n) is 1.73. The number of Topliss-reactive ketones (excluding diaryl/α,β-unsaturated/α-hetero) is 1. The van der Waals surface area contributed by atoms with Gasteiger partial charge < -0.3 is 5.11 Å². The molecule has 22 heavy (non-hydrogen) atoms. The smallest absolute Gasteiger partial charge is 0.210 e. The average molecular weight is 431 g/mol. The number of rotatable bonds is 1. The molecule has 0 amide bonds. The van der Waals surface area contributed by atoms with E-state index in [2.05, 4.69) is 38.4 Å². The van der Waals surface area contributed by atoms with E-state index < -0.39 is 5.78 Å². The molecule has 0 spiro atoms. The van der Waals surface area contributed by atoms with Crippen LogP contribution in [0.3, 0.4) is 0 Å². The second-order valence-corrected chi connectivity index (χ2v) is 6.42. The number of aliphatic hydroxyl groups excluding tert-OH is 1. The van der Waals surface area contributed by atoms with Crippen LogP contribution in [-0.4, -0.2) is 16.6 Å². The number of hydrogen-bond acceptors (Lipinski definition) is 3. The first kappa shape index (κ1) is 20.8. The normalized spacial score (nSPS) is 24.8. The Hall–Kier alpha value is -1.20. The Bertz CT molecular complexity index is 596. The summed E-state index contributed by atoms with van der Waals surface area (Å²) in [5.41, 5.74) is 0.776. The number of carbonyl (C=O) groups excluding carboxylic acids is 1. The standard InChI is InChI=1S/C16H17Br2NO2.CH4/c1-3-12(17)9-11-5-4-6-13(18)14(20)8-7-10(2)16(21)15(11)19;/h3,7-9,19-20H,2,4-6H2,1H3;1H4/b8-7-,11-9-,12-3+,14-13-,19-15?;. The van der Waals surface area contributed by atoms with Crippen LogP contribution in [0.15, 0.2) is 56.8 Å². The van der Waals surface area contributed by atoms with Crippen molar-refractivity contribution in [3.05, 3.63) is 56.8 Å². The topological polar surface area (TPSA) is 61.1 Å². The van der Waals surface area contributed by atoms with Gasteiger partial charge in [0.2, 0.25) is 5.78 Å². The van der Waals surface area contributed by atoms with Crippen LogP contribution in [0.2, 0.25) is 0 Å². The molecule has 0 heterocycles. The highest BCUT2D eigenvalue weighted by Crippen LogP contribution is 2.24. The van der Waals surface area contributed by atoms with Crippen LogP contribution < -0.4 is 0 Å². The van der Waals surface area contributed by atoms with Crippen LogP contribution in [-0.2, 0) is 4.79 Å². The molecule has 0 saturated carbocycles. The zero-order valence-corrected chi connectivity index (χ0v) is 14.9. The average Bonchev–Trinajstić information content (AvgIpc) is 2.49. The van der Waals surface area contributed by atoms with Crippen LogP contribution in [0.4, 0.5) is 0 Å². The minimum absolute atomic E-state index is 0. The lowest BCUT2D eigenvalue weighted by atomic mass is 9.97. The Kier molecular flexibility index (Phi) is 9.21. The van der Waals surface area contributed by atoms with Gasteiger partial charge in [-0.1, -0.05) is 51.9 Å². The van der Waals surface area contributed by atoms with E-state index in [1.165, 1.54) is 12.2 Å². The molecule has 0 radical (unpaired) electrons. The Labute approximate surface area is 149 Å². The van der Waals surface area contributed by atoms with Gasteiger partial charge in [-0.3, -0.25) is 10.2 Å². The van der Waals surface area contributed by atoms with Crippen LogP contribution in [0.1, 0.15) is 33.6 Å². The number of allylic oxidation sites excluding steroid dienone is 8. The van der Waals surface area contributed by atoms with Gasteiger partial charge in [0.15, 0.2) is 0 Å². The number of carbonyl (C=O) groups is 1. The molecule has 1 aliphatic carbocycles. The molecule has 3 nitrogen and oxygen atoms in total. The largest absolute Gasteiger partial charge is 0.507 e. The molecule has 0 bridgehead atoms. The van der Waals surface area contributed by atoms with E-state index in [9.17, 15) is 9.90 Å². The lowest BCUT2D eigenvalue weighted by Gasteiger charge is -2.08. The second kappa shape index (κ2) is 9.74. The van der Waals surface area contributed by atoms with Crippen LogP contribution >= 0.6 is 31.9 Å². The molecule has 1 aliphatic rings. The molecule has 0 aromatic heterocycles. The van der Waals surface area contributed by atoms with Crippen molar-refractivity contribution in [2.45, 2.75) is 33.6 Å². The van der Waals surface area contributed by atoms with Crippen molar-refractivity contribution >= 4 is 43.4 Å². The summed E-state index contributed by atoms with van der Waals surface area (Å²) in [6, 6.07) is 0. The van der Waals surface area contributed by atoms with Gasteiger partial charge in [0.05, 0.1) is 0 Å². The lowest BCUT2D eigenvalue weighted by molar-refractivity contribution is -0.109. The number of ketones is 1. The van der Waals surface area contributed by atoms with Gasteiger partial charge in [-0.25, -0.2) is 0 Å². The van der Waals surface area contributed by atoms with Gasteiger partial charge in [-0.2, -0.15) is 0 Å². The van der Waals surface area contributed by atoms with Crippen molar-refractivity contribution in [3.63, 3.8) is 0 Å². The van der Waals surface area contributed by atoms with Crippen molar-refractivity contribution < 1.29 is 9.90 Å². The molecule has 1 rings (SSSR count). The van der Waals surface area contributed by atoms with Crippen molar-refractivity contribution in [1.29, 1.82) is 5.41 Å². The molecule has 0 aromatic rings. The SMILES string of the molecule is C.C=C1/C=C\C(O)=C(\Br)CCC/C(=C/C(Br)=C\C)C(=N)C1=O. The number of nitrogens with one attached hydrogen (secondary N) is 1. The molecule has 0 aliphatic heterocycles. The minimum Gasteiger partial charge on any atom is -0.507 e. The summed E-state index contributed by atoms with van der Waals surface area (Å²) in [6.07, 6.45) is 8.42. The van der Waals surface area contributed by atoms with Crippen molar-refractivity contribution in [3.8, 4) is 0 Å². The van der Waals surface area contributed by atoms with Crippen molar-refractivity contribution in [2.75, 3.05) is 0 Å². The molecule has 0 saturated heterocycles. The fraction of sp³-hybridized carbons (Fsp3) is 0.294. The fourth-order valence-corrected chi connectivity index (χ4v) is 2.42. The third-order valence-electron chi connectivity index (χ3n) is 2.99. The maximum absolute atomic E-state index is 12.2. The second-order valence-electron chi connectivity index (χ2n) is 4.55. The Morgan fingerprint density at radius 3 is 2.64 bits per heavy atom. The van der Waals surface area contributed by atoms with Crippen LogP contribution in [0.25, 0.3) is 0 Å². The summed E-state index contributed by atoms with van der Waals surface area (Å²) in [6.45, 7) is 5.54. The molecule has 0 unspecified atom stereocenters. The van der Waals surface area contributed by atoms with Gasteiger partial charge in [-0.15, -0.1) is 0 Å². The first-order chi connectivity index (χ1) is 9.86. The first-order valence-electron chi connectivity index (χ1n) is 6.47. The van der Waals surface area contributed by atoms with E-state index in [-0.39, 0.29) is 24.5 Å². The predicted octanol–water partition coefficient (Wildman–Crippen LogP) is 5.90. The molecule has 0 aromatic carbocycles. The summed E-state index contributed by atoms with van der Waals surface area (Å²) in [4.78, 5) is 12.2. The summed E-state index contributed by atoms with van der Waals surface area (Å²) < 4.78 is 1.50. The number of aliphatic hydroxyl groups is 1. The minimum atomic E-state index is -0.431. The van der Waals surface area contributed by atoms with Gasteiger partial charge >= 0.3 is 0 Å². The highest BCUT2D eigenvalue weighted by atomic mass is 79.9. The Morgan fingerprint density at radius 2 is 2.05 bits per heavy atom. The highest BCUT2D eigenvalue weighted by molar-refractivity contribution is 9.12. The Morgan fingerprint density at radius 1 is 1.41 bits per heavy atom. The van der Waals surface area contributed by atoms with Gasteiger partial charge in [0.25, 0.3) is 0 Å². The maximum Gasteiger partial charge on any atom is 0.210 e. The molecular formula is C17H21Br2NO2. The highest BCUT2D eigenvalue weighted by Gasteiger charge is 2.17. The summed E-state index contributed by atoms with van der Waals surface area (Å²) in [5, 5.41) is 17.9. The van der Waals surface area contributed by atoms with Crippen molar-refractivity contribution in [2.24, 2.45) is 0 Å². The molecule has 2 N–H and O–H groups in total. The number of hydrogen-bond donors (Lipinski definition) is 2. The first-order valence-corrected chi connectivity index (χ1v) is 8.06. The molecular weight excluding hydrogens is 410 g/mol. The van der Waals surface area contributed by atoms with Crippen molar-refractivity contribution in [1.82, 2.24) is 0 Å². The lowest BCUT2D eigenvalue weighted by Crippen LogP contribution is -2.16. The summed E-state index contributed by atoms with van der Waals surface area (Å²) >= 11 is 6.70. The van der Waals surface area contributed by atoms with E-state index in [1.54, 1.807) is 6.08 Å². The molecule has 120 valence electrons. The van der Waals surface area contributed by atoms with Crippen LogP contribution in [0, 0.1) is 5.41 Å². The van der Waals surface area contributed by atoms with Crippen LogP contribution in [0.5, 0.6) is 0 Å². The molecule has 5 heteroatoms. The third kappa shape index (κ3) is 5.89. The third-order valence-corrected chi connectivity index (χ3v) is 4.48. The zero-order valence-electron chi connectivity index (χ0n) is 11.7. The monoisotopic (exact) mass is 429 g/mol. The van der Waals surface area contributed by atoms with Gasteiger partial charge in [0.1, 0.15) is 11.5 Å². The molecule has 0 fully saturated rings. The predicted molar refractivity (Wildman–Crippen MR) is 101 cm³/mol. The van der Waals surface area contributed by atoms with E-state index in [1.807, 2.05) is 13.0 Å². The van der Waals surface area contributed by atoms with E-state index >= 15 is 0 Å². The summed E-state index contributed by atoms with van der Waals surface area (Å²) in [5.74, 6) is -0.350. The zero-order chi connectivity index (χ0) is 16.0. The maximum atomic E-state index is 12.2. The van der Waals surface area contributed by atoms with E-state index in [4.69, 9.17) is 5.41 Å². The number of halogens is 2. The summed E-state index contributed by atoms with van der Waals surface area (Å²) in [7, 11) is 0. The van der Waals surface area contributed by atoms with E-state index in [0.29, 0.717) is 22.9 Å². The molecule has 0 atom stereocenters. The van der Waals surface area contributed by atoms with E-state index in [0.717, 1.165) is 10.9 Å². The Balaban J connectivity index is 0.00000441. The quantitative estimate of drug-likeness (QED) is 0.508. The van der Waals surface area contributed by atoms with Gasteiger partial charge in [-0.05, 0) is 50.0 Å². The van der Waals surface area contributed by atoms with Gasteiger partial charge in [0, 0.05) is 14.5 Å².